The molecule has 1 N–H and O–H groups in total. The summed E-state index contributed by atoms with van der Waals surface area (Å²) in [7, 11) is 0. The Balaban J connectivity index is 1.44. The molecule has 1 fully saturated rings. The second-order valence-electron chi connectivity index (χ2n) is 7.03. The van der Waals surface area contributed by atoms with Gasteiger partial charge in [-0.15, -0.1) is 0 Å². The van der Waals surface area contributed by atoms with Gasteiger partial charge in [-0.05, 0) is 54.2 Å². The Morgan fingerprint density at radius 2 is 1.90 bits per heavy atom. The van der Waals surface area contributed by atoms with Crippen molar-refractivity contribution in [2.24, 2.45) is 0 Å². The normalized spacial score (nSPS) is 18.1. The SMILES string of the molecule is O=C(O)COC1CC(c2ccc(-c3cc(Oc4ccccn4)ccc3F)cc2)C1. The smallest absolute Gasteiger partial charge is 0.329 e. The maximum atomic E-state index is 14.4. The third-order valence-corrected chi connectivity index (χ3v) is 5.03. The van der Waals surface area contributed by atoms with Gasteiger partial charge in [0.15, 0.2) is 0 Å². The number of carbonyl (C=O) groups is 1. The van der Waals surface area contributed by atoms with Crippen LogP contribution in [0.5, 0.6) is 11.6 Å². The first-order valence-electron chi connectivity index (χ1n) is 9.40. The van der Waals surface area contributed by atoms with Gasteiger partial charge in [0, 0.05) is 17.8 Å². The molecule has 4 rings (SSSR count). The number of carboxylic acids is 1. The quantitative estimate of drug-likeness (QED) is 0.610. The summed E-state index contributed by atoms with van der Waals surface area (Å²) in [6.07, 6.45) is 3.23. The summed E-state index contributed by atoms with van der Waals surface area (Å²) in [5.74, 6) is 0.0316. The van der Waals surface area contributed by atoms with Crippen LogP contribution in [0.2, 0.25) is 0 Å². The summed E-state index contributed by atoms with van der Waals surface area (Å²) >= 11 is 0. The van der Waals surface area contributed by atoms with Crippen LogP contribution in [0.4, 0.5) is 4.39 Å². The molecule has 1 aliphatic rings. The lowest BCUT2D eigenvalue weighted by atomic mass is 9.77. The summed E-state index contributed by atoms with van der Waals surface area (Å²) in [4.78, 5) is 14.7. The highest BCUT2D eigenvalue weighted by Gasteiger charge is 2.31. The molecule has 0 atom stereocenters. The van der Waals surface area contributed by atoms with Gasteiger partial charge in [-0.2, -0.15) is 0 Å². The highest BCUT2D eigenvalue weighted by molar-refractivity contribution is 5.68. The minimum Gasteiger partial charge on any atom is -0.480 e. The first kappa shape index (κ1) is 19.1. The van der Waals surface area contributed by atoms with Crippen molar-refractivity contribution in [1.82, 2.24) is 4.98 Å². The highest BCUT2D eigenvalue weighted by Crippen LogP contribution is 2.39. The van der Waals surface area contributed by atoms with Crippen molar-refractivity contribution in [1.29, 1.82) is 0 Å². The van der Waals surface area contributed by atoms with Crippen molar-refractivity contribution in [3.05, 3.63) is 78.2 Å². The van der Waals surface area contributed by atoms with Crippen LogP contribution in [0, 0.1) is 5.82 Å². The van der Waals surface area contributed by atoms with Crippen LogP contribution < -0.4 is 4.74 Å². The van der Waals surface area contributed by atoms with Crippen LogP contribution in [0.25, 0.3) is 11.1 Å². The Kier molecular flexibility index (Phi) is 5.53. The summed E-state index contributed by atoms with van der Waals surface area (Å²) in [6, 6.07) is 17.7. The van der Waals surface area contributed by atoms with Crippen molar-refractivity contribution in [2.75, 3.05) is 6.61 Å². The summed E-state index contributed by atoms with van der Waals surface area (Å²) in [5, 5.41) is 8.66. The molecule has 0 bridgehead atoms. The molecule has 0 amide bonds. The average molecular weight is 393 g/mol. The molecule has 0 spiro atoms. The molecular weight excluding hydrogens is 373 g/mol. The summed E-state index contributed by atoms with van der Waals surface area (Å²) in [6.45, 7) is -0.257. The Morgan fingerprint density at radius 1 is 1.10 bits per heavy atom. The fourth-order valence-corrected chi connectivity index (χ4v) is 3.42. The van der Waals surface area contributed by atoms with Crippen molar-refractivity contribution in [3.8, 4) is 22.8 Å². The van der Waals surface area contributed by atoms with Gasteiger partial charge in [0.05, 0.1) is 6.10 Å². The number of aromatic nitrogens is 1. The van der Waals surface area contributed by atoms with E-state index in [1.54, 1.807) is 30.5 Å². The molecular formula is C23H20FNO4. The largest absolute Gasteiger partial charge is 0.480 e. The molecule has 3 aromatic rings. The van der Waals surface area contributed by atoms with Gasteiger partial charge in [0.1, 0.15) is 18.2 Å². The number of carboxylic acid groups (broad SMARTS) is 1. The lowest BCUT2D eigenvalue weighted by Crippen LogP contribution is -2.31. The Morgan fingerprint density at radius 3 is 2.59 bits per heavy atom. The monoisotopic (exact) mass is 393 g/mol. The lowest BCUT2D eigenvalue weighted by molar-refractivity contribution is -0.146. The van der Waals surface area contributed by atoms with E-state index in [1.807, 2.05) is 30.3 Å². The van der Waals surface area contributed by atoms with E-state index in [9.17, 15) is 9.18 Å². The number of benzene rings is 2. The van der Waals surface area contributed by atoms with Crippen molar-refractivity contribution < 1.29 is 23.8 Å². The van der Waals surface area contributed by atoms with Crippen LogP contribution in [0.3, 0.4) is 0 Å². The number of aliphatic carboxylic acids is 1. The maximum absolute atomic E-state index is 14.4. The number of hydrogen-bond donors (Lipinski definition) is 1. The van der Waals surface area contributed by atoms with Crippen LogP contribution in [0.15, 0.2) is 66.9 Å². The van der Waals surface area contributed by atoms with Crippen molar-refractivity contribution >= 4 is 5.97 Å². The van der Waals surface area contributed by atoms with E-state index in [0.29, 0.717) is 23.1 Å². The fourth-order valence-electron chi connectivity index (χ4n) is 3.42. The number of nitrogens with zero attached hydrogens (tertiary/aromatic N) is 1. The molecule has 1 aromatic heterocycles. The second kappa shape index (κ2) is 8.41. The van der Waals surface area contributed by atoms with Gasteiger partial charge in [0.2, 0.25) is 5.88 Å². The van der Waals surface area contributed by atoms with E-state index in [2.05, 4.69) is 4.98 Å². The van der Waals surface area contributed by atoms with Gasteiger partial charge in [-0.3, -0.25) is 0 Å². The molecule has 0 saturated heterocycles. The van der Waals surface area contributed by atoms with E-state index in [4.69, 9.17) is 14.6 Å². The molecule has 0 radical (unpaired) electrons. The fraction of sp³-hybridized carbons (Fsp3) is 0.217. The molecule has 29 heavy (non-hydrogen) atoms. The van der Waals surface area contributed by atoms with Crippen LogP contribution in [-0.2, 0) is 9.53 Å². The molecule has 1 aliphatic carbocycles. The predicted molar refractivity (Wildman–Crippen MR) is 105 cm³/mol. The molecule has 0 unspecified atom stereocenters. The van der Waals surface area contributed by atoms with Crippen molar-refractivity contribution in [3.63, 3.8) is 0 Å². The minimum absolute atomic E-state index is 0.00588. The first-order valence-corrected chi connectivity index (χ1v) is 9.40. The maximum Gasteiger partial charge on any atom is 0.329 e. The second-order valence-corrected chi connectivity index (χ2v) is 7.03. The van der Waals surface area contributed by atoms with Gasteiger partial charge in [-0.1, -0.05) is 30.3 Å². The number of pyridine rings is 1. The zero-order chi connectivity index (χ0) is 20.2. The van der Waals surface area contributed by atoms with Gasteiger partial charge in [-0.25, -0.2) is 14.2 Å². The molecule has 6 heteroatoms. The highest BCUT2D eigenvalue weighted by atomic mass is 19.1. The molecule has 1 saturated carbocycles. The number of rotatable bonds is 7. The lowest BCUT2D eigenvalue weighted by Gasteiger charge is -2.35. The van der Waals surface area contributed by atoms with E-state index in [1.165, 1.54) is 6.07 Å². The van der Waals surface area contributed by atoms with E-state index >= 15 is 0 Å². The van der Waals surface area contributed by atoms with Crippen molar-refractivity contribution in [2.45, 2.75) is 24.9 Å². The predicted octanol–water partition coefficient (Wildman–Crippen LogP) is 5.03. The molecule has 5 nitrogen and oxygen atoms in total. The Labute approximate surface area is 167 Å². The minimum atomic E-state index is -0.950. The zero-order valence-electron chi connectivity index (χ0n) is 15.6. The number of halogens is 1. The molecule has 2 aromatic carbocycles. The first-order chi connectivity index (χ1) is 14.1. The average Bonchev–Trinajstić information content (AvgIpc) is 2.69. The molecule has 1 heterocycles. The summed E-state index contributed by atoms with van der Waals surface area (Å²) in [5.41, 5.74) is 2.36. The molecule has 0 aliphatic heterocycles. The van der Waals surface area contributed by atoms with Crippen LogP contribution in [0.1, 0.15) is 24.3 Å². The van der Waals surface area contributed by atoms with Gasteiger partial charge >= 0.3 is 5.97 Å². The molecule has 148 valence electrons. The zero-order valence-corrected chi connectivity index (χ0v) is 15.6. The van der Waals surface area contributed by atoms with Gasteiger partial charge < -0.3 is 14.6 Å². The van der Waals surface area contributed by atoms with E-state index < -0.39 is 5.97 Å². The topological polar surface area (TPSA) is 68.7 Å². The van der Waals surface area contributed by atoms with E-state index in [-0.39, 0.29) is 18.5 Å². The van der Waals surface area contributed by atoms with Crippen LogP contribution in [-0.4, -0.2) is 28.8 Å². The van der Waals surface area contributed by atoms with Crippen LogP contribution >= 0.6 is 0 Å². The number of ether oxygens (including phenoxy) is 2. The Bertz CT molecular complexity index is 986. The van der Waals surface area contributed by atoms with E-state index in [0.717, 1.165) is 24.0 Å². The third-order valence-electron chi connectivity index (χ3n) is 5.03. The third kappa shape index (κ3) is 4.60. The van der Waals surface area contributed by atoms with Gasteiger partial charge in [0.25, 0.3) is 0 Å². The Hall–Kier alpha value is -3.25. The standard InChI is InChI=1S/C23H20FNO4/c24-21-9-8-18(29-22-3-1-2-10-25-22)13-20(21)16-6-4-15(5-7-16)17-11-19(12-17)28-14-23(26)27/h1-10,13,17,19H,11-12,14H2,(H,26,27). The summed E-state index contributed by atoms with van der Waals surface area (Å²) < 4.78 is 25.4. The number of hydrogen-bond acceptors (Lipinski definition) is 4.